The van der Waals surface area contributed by atoms with Gasteiger partial charge in [-0.05, 0) is 36.8 Å². The standard InChI is InChI=1S/C14H9BrClN3OS/c1-7-2-3-8(6-9(7)15)14(20)17-12-10(16)4-5-11-13(12)19-21-18-11/h2-6H,1H3,(H,17,20). The largest absolute Gasteiger partial charge is 0.319 e. The van der Waals surface area contributed by atoms with E-state index in [4.69, 9.17) is 11.6 Å². The van der Waals surface area contributed by atoms with E-state index >= 15 is 0 Å². The van der Waals surface area contributed by atoms with E-state index < -0.39 is 0 Å². The van der Waals surface area contributed by atoms with E-state index in [1.165, 1.54) is 0 Å². The van der Waals surface area contributed by atoms with E-state index in [1.807, 2.05) is 13.0 Å². The van der Waals surface area contributed by atoms with Gasteiger partial charge in [0.2, 0.25) is 0 Å². The second-order valence-electron chi connectivity index (χ2n) is 4.47. The van der Waals surface area contributed by atoms with Crippen molar-refractivity contribution in [3.8, 4) is 0 Å². The highest BCUT2D eigenvalue weighted by Crippen LogP contribution is 2.30. The fourth-order valence-corrected chi connectivity index (χ4v) is 2.99. The van der Waals surface area contributed by atoms with Crippen molar-refractivity contribution < 1.29 is 4.79 Å². The number of amides is 1. The monoisotopic (exact) mass is 381 g/mol. The van der Waals surface area contributed by atoms with Gasteiger partial charge in [-0.1, -0.05) is 33.6 Å². The van der Waals surface area contributed by atoms with E-state index in [-0.39, 0.29) is 5.91 Å². The maximum atomic E-state index is 12.4. The zero-order valence-corrected chi connectivity index (χ0v) is 14.0. The van der Waals surface area contributed by atoms with Crippen molar-refractivity contribution in [1.82, 2.24) is 8.75 Å². The summed E-state index contributed by atoms with van der Waals surface area (Å²) in [4.78, 5) is 12.4. The fraction of sp³-hybridized carbons (Fsp3) is 0.0714. The number of carbonyl (C=O) groups is 1. The quantitative estimate of drug-likeness (QED) is 0.701. The Morgan fingerprint density at radius 3 is 2.86 bits per heavy atom. The first-order valence-electron chi connectivity index (χ1n) is 6.04. The highest BCUT2D eigenvalue weighted by molar-refractivity contribution is 9.10. The number of benzene rings is 2. The van der Waals surface area contributed by atoms with Gasteiger partial charge in [0.15, 0.2) is 0 Å². The van der Waals surface area contributed by atoms with Crippen LogP contribution in [0, 0.1) is 6.92 Å². The highest BCUT2D eigenvalue weighted by atomic mass is 79.9. The summed E-state index contributed by atoms with van der Waals surface area (Å²) in [5, 5.41) is 3.25. The van der Waals surface area contributed by atoms with E-state index in [1.54, 1.807) is 24.3 Å². The number of anilines is 1. The average Bonchev–Trinajstić information content (AvgIpc) is 2.93. The number of hydrogen-bond acceptors (Lipinski definition) is 4. The van der Waals surface area contributed by atoms with Crippen molar-refractivity contribution in [3.05, 3.63) is 51.0 Å². The van der Waals surface area contributed by atoms with Crippen LogP contribution in [0.2, 0.25) is 5.02 Å². The van der Waals surface area contributed by atoms with Crippen LogP contribution in [0.25, 0.3) is 11.0 Å². The topological polar surface area (TPSA) is 54.9 Å². The summed E-state index contributed by atoms with van der Waals surface area (Å²) in [6.07, 6.45) is 0. The van der Waals surface area contributed by atoms with Crippen molar-refractivity contribution in [1.29, 1.82) is 0 Å². The lowest BCUT2D eigenvalue weighted by Gasteiger charge is -2.08. The zero-order chi connectivity index (χ0) is 15.0. The minimum absolute atomic E-state index is 0.238. The van der Waals surface area contributed by atoms with Crippen LogP contribution in [0.1, 0.15) is 15.9 Å². The number of fused-ring (bicyclic) bond motifs is 1. The second-order valence-corrected chi connectivity index (χ2v) is 6.26. The Bertz CT molecular complexity index is 849. The summed E-state index contributed by atoms with van der Waals surface area (Å²) in [5.74, 6) is -0.238. The summed E-state index contributed by atoms with van der Waals surface area (Å²) >= 11 is 10.7. The SMILES string of the molecule is Cc1ccc(C(=O)Nc2c(Cl)ccc3nsnc23)cc1Br. The third-order valence-corrected chi connectivity index (χ3v) is 4.76. The summed E-state index contributed by atoms with van der Waals surface area (Å²) in [6.45, 7) is 1.96. The van der Waals surface area contributed by atoms with Gasteiger partial charge in [-0.15, -0.1) is 0 Å². The molecule has 0 atom stereocenters. The summed E-state index contributed by atoms with van der Waals surface area (Å²) in [6, 6.07) is 8.90. The maximum absolute atomic E-state index is 12.4. The zero-order valence-electron chi connectivity index (χ0n) is 10.9. The first kappa shape index (κ1) is 14.4. The first-order chi connectivity index (χ1) is 10.1. The molecule has 3 rings (SSSR count). The normalized spacial score (nSPS) is 10.8. The molecule has 1 heterocycles. The Hall–Kier alpha value is -1.50. The molecule has 106 valence electrons. The Balaban J connectivity index is 1.98. The number of hydrogen-bond donors (Lipinski definition) is 1. The molecule has 0 saturated carbocycles. The average molecular weight is 383 g/mol. The number of nitrogens with zero attached hydrogens (tertiary/aromatic N) is 2. The Morgan fingerprint density at radius 2 is 2.10 bits per heavy atom. The molecule has 2 aromatic carbocycles. The van der Waals surface area contributed by atoms with Crippen LogP contribution in [0.15, 0.2) is 34.8 Å². The predicted molar refractivity (Wildman–Crippen MR) is 89.3 cm³/mol. The van der Waals surface area contributed by atoms with E-state index in [2.05, 4.69) is 30.0 Å². The molecule has 0 bridgehead atoms. The smallest absolute Gasteiger partial charge is 0.255 e. The van der Waals surface area contributed by atoms with Crippen molar-refractivity contribution in [3.63, 3.8) is 0 Å². The molecule has 1 amide bonds. The molecule has 1 N–H and O–H groups in total. The molecule has 0 aliphatic carbocycles. The molecule has 0 aliphatic heterocycles. The molecule has 7 heteroatoms. The molecule has 0 spiro atoms. The first-order valence-corrected chi connectivity index (χ1v) is 7.94. The number of halogens is 2. The molecular formula is C14H9BrClN3OS. The van der Waals surface area contributed by atoms with E-state index in [9.17, 15) is 4.79 Å². The Kier molecular flexibility index (Phi) is 3.93. The molecule has 0 radical (unpaired) electrons. The molecule has 0 fully saturated rings. The minimum Gasteiger partial charge on any atom is -0.319 e. The molecule has 1 aromatic heterocycles. The summed E-state index contributed by atoms with van der Waals surface area (Å²) < 4.78 is 9.20. The third-order valence-electron chi connectivity index (χ3n) is 3.05. The molecular weight excluding hydrogens is 374 g/mol. The summed E-state index contributed by atoms with van der Waals surface area (Å²) in [7, 11) is 0. The van der Waals surface area contributed by atoms with Crippen LogP contribution in [0.5, 0.6) is 0 Å². The van der Waals surface area contributed by atoms with Gasteiger partial charge in [0.05, 0.1) is 22.4 Å². The van der Waals surface area contributed by atoms with E-state index in [0.717, 1.165) is 21.8 Å². The number of aryl methyl sites for hydroxylation is 1. The van der Waals surface area contributed by atoms with Crippen LogP contribution in [-0.4, -0.2) is 14.7 Å². The molecule has 3 aromatic rings. The van der Waals surface area contributed by atoms with Crippen LogP contribution < -0.4 is 5.32 Å². The van der Waals surface area contributed by atoms with Gasteiger partial charge in [-0.3, -0.25) is 4.79 Å². The Labute approximate surface area is 138 Å². The van der Waals surface area contributed by atoms with E-state index in [0.29, 0.717) is 27.3 Å². The molecule has 21 heavy (non-hydrogen) atoms. The lowest BCUT2D eigenvalue weighted by atomic mass is 10.1. The molecule has 0 aliphatic rings. The van der Waals surface area contributed by atoms with Crippen LogP contribution in [-0.2, 0) is 0 Å². The number of aromatic nitrogens is 2. The lowest BCUT2D eigenvalue weighted by Crippen LogP contribution is -2.12. The van der Waals surface area contributed by atoms with Gasteiger partial charge in [0, 0.05) is 10.0 Å². The molecule has 0 unspecified atom stereocenters. The Morgan fingerprint density at radius 1 is 1.29 bits per heavy atom. The van der Waals surface area contributed by atoms with Crippen molar-refractivity contribution >= 4 is 61.9 Å². The van der Waals surface area contributed by atoms with Crippen LogP contribution in [0.3, 0.4) is 0 Å². The van der Waals surface area contributed by atoms with Gasteiger partial charge < -0.3 is 5.32 Å². The highest BCUT2D eigenvalue weighted by Gasteiger charge is 2.14. The van der Waals surface area contributed by atoms with Gasteiger partial charge in [0.25, 0.3) is 5.91 Å². The molecule has 4 nitrogen and oxygen atoms in total. The molecule has 0 saturated heterocycles. The fourth-order valence-electron chi connectivity index (χ4n) is 1.87. The summed E-state index contributed by atoms with van der Waals surface area (Å²) in [5.41, 5.74) is 3.42. The van der Waals surface area contributed by atoms with Crippen molar-refractivity contribution in [2.24, 2.45) is 0 Å². The van der Waals surface area contributed by atoms with Gasteiger partial charge >= 0.3 is 0 Å². The lowest BCUT2D eigenvalue weighted by molar-refractivity contribution is 0.102. The van der Waals surface area contributed by atoms with Gasteiger partial charge in [-0.2, -0.15) is 8.75 Å². The maximum Gasteiger partial charge on any atom is 0.255 e. The van der Waals surface area contributed by atoms with Crippen LogP contribution >= 0.6 is 39.3 Å². The number of rotatable bonds is 2. The van der Waals surface area contributed by atoms with Crippen molar-refractivity contribution in [2.75, 3.05) is 5.32 Å². The number of carbonyl (C=O) groups excluding carboxylic acids is 1. The van der Waals surface area contributed by atoms with Crippen molar-refractivity contribution in [2.45, 2.75) is 6.92 Å². The number of nitrogens with one attached hydrogen (secondary N) is 1. The second kappa shape index (κ2) is 5.71. The minimum atomic E-state index is -0.238. The van der Waals surface area contributed by atoms with Gasteiger partial charge in [-0.25, -0.2) is 0 Å². The predicted octanol–water partition coefficient (Wildman–Crippen LogP) is 4.67. The van der Waals surface area contributed by atoms with Crippen LogP contribution in [0.4, 0.5) is 5.69 Å². The third kappa shape index (κ3) is 2.79. The van der Waals surface area contributed by atoms with Gasteiger partial charge in [0.1, 0.15) is 11.0 Å².